The predicted molar refractivity (Wildman–Crippen MR) is 156 cm³/mol. The molecule has 0 aliphatic heterocycles. The maximum atomic E-state index is 13.5. The number of rotatable bonds is 6. The Morgan fingerprint density at radius 2 is 1.40 bits per heavy atom. The van der Waals surface area contributed by atoms with E-state index < -0.39 is 38.4 Å². The lowest BCUT2D eigenvalue weighted by Gasteiger charge is -2.15. The number of carboxylic acids is 1. The van der Waals surface area contributed by atoms with E-state index in [1.165, 1.54) is 0 Å². The number of nitrogens with one attached hydrogen (secondary N) is 1. The van der Waals surface area contributed by atoms with Gasteiger partial charge in [-0.3, -0.25) is 18.9 Å². The number of hydrogen-bond acceptors (Lipinski definition) is 7. The Bertz CT molecular complexity index is 2090. The van der Waals surface area contributed by atoms with Crippen molar-refractivity contribution >= 4 is 50.2 Å². The molecule has 0 bridgehead atoms. The van der Waals surface area contributed by atoms with Crippen LogP contribution in [0.25, 0.3) is 22.0 Å². The summed E-state index contributed by atoms with van der Waals surface area (Å²) in [6.45, 7) is 0. The molecular weight excluding hydrogens is 572 g/mol. The predicted octanol–water partition coefficient (Wildman–Crippen LogP) is 5.26. The first kappa shape index (κ1) is 27.6. The third-order valence-electron chi connectivity index (χ3n) is 7.21. The maximum absolute atomic E-state index is 13.5. The zero-order chi connectivity index (χ0) is 30.5. The van der Waals surface area contributed by atoms with E-state index in [2.05, 4.69) is 10.3 Å². The summed E-state index contributed by atoms with van der Waals surface area (Å²) in [5.41, 5.74) is 1.69. The number of pyridine rings is 1. The number of Topliss-reactive ketones (excluding diaryl/α,β-unsaturated/α-hetero) is 2. The summed E-state index contributed by atoms with van der Waals surface area (Å²) in [5.74, 6) is -4.41. The molecule has 0 saturated carbocycles. The highest BCUT2D eigenvalue weighted by Crippen LogP contribution is 2.36. The molecule has 0 saturated heterocycles. The van der Waals surface area contributed by atoms with Crippen molar-refractivity contribution in [3.8, 4) is 11.1 Å². The molecule has 3 N–H and O–H groups in total. The second kappa shape index (κ2) is 10.4. The standard InChI is InChI=1S/C32H20N2O8S/c35-29-21-8-4-5-9-22(21)30(36)27(29)25-13-10-18-14-19(17-6-2-1-3-7-17)15-26(28(18)33-25)34-31(37)23-12-11-20(43(40,41)42)16-24(23)32(38)39/h1-16,27H,(H,34,37)(H,38,39)(H,40,41,42). The number of nitrogens with zero attached hydrogens (tertiary/aromatic N) is 1. The number of hydrogen-bond donors (Lipinski definition) is 3. The normalized spacial score (nSPS) is 13.2. The summed E-state index contributed by atoms with van der Waals surface area (Å²) in [4.78, 5) is 55.7. The molecule has 4 aromatic carbocycles. The van der Waals surface area contributed by atoms with Crippen LogP contribution in [0.4, 0.5) is 5.69 Å². The highest BCUT2D eigenvalue weighted by Gasteiger charge is 2.40. The van der Waals surface area contributed by atoms with E-state index in [0.29, 0.717) is 28.1 Å². The number of carbonyl (C=O) groups is 4. The molecule has 5 aromatic rings. The van der Waals surface area contributed by atoms with Gasteiger partial charge in [-0.15, -0.1) is 0 Å². The fraction of sp³-hybridized carbons (Fsp3) is 0.0312. The molecule has 11 heteroatoms. The minimum absolute atomic E-state index is 0.161. The lowest BCUT2D eigenvalue weighted by molar-refractivity contribution is 0.0691. The van der Waals surface area contributed by atoms with Gasteiger partial charge in [-0.05, 0) is 47.5 Å². The molecule has 1 aliphatic rings. The minimum Gasteiger partial charge on any atom is -0.478 e. The highest BCUT2D eigenvalue weighted by atomic mass is 32.2. The smallest absolute Gasteiger partial charge is 0.336 e. The molecule has 1 heterocycles. The first-order chi connectivity index (χ1) is 20.5. The molecule has 0 unspecified atom stereocenters. The van der Waals surface area contributed by atoms with Crippen LogP contribution in [0.2, 0.25) is 0 Å². The molecule has 0 atom stereocenters. The van der Waals surface area contributed by atoms with Gasteiger partial charge < -0.3 is 10.4 Å². The van der Waals surface area contributed by atoms with Crippen molar-refractivity contribution < 1.29 is 37.3 Å². The number of carboxylic acid groups (broad SMARTS) is 1. The molecule has 0 radical (unpaired) electrons. The monoisotopic (exact) mass is 592 g/mol. The molecule has 0 spiro atoms. The first-order valence-electron chi connectivity index (χ1n) is 12.9. The van der Waals surface area contributed by atoms with Crippen molar-refractivity contribution in [1.82, 2.24) is 4.98 Å². The van der Waals surface area contributed by atoms with Crippen molar-refractivity contribution in [2.24, 2.45) is 0 Å². The van der Waals surface area contributed by atoms with Gasteiger partial charge in [0.1, 0.15) is 5.92 Å². The summed E-state index contributed by atoms with van der Waals surface area (Å²) in [5, 5.41) is 12.9. The van der Waals surface area contributed by atoms with Crippen LogP contribution in [-0.2, 0) is 10.1 Å². The van der Waals surface area contributed by atoms with Crippen LogP contribution in [0, 0.1) is 0 Å². The SMILES string of the molecule is O=C(O)c1cc(S(=O)(=O)O)ccc1C(=O)Nc1cc(-c2ccccc2)cc2ccc(C3C(=O)c4ccccc4C3=O)nc12. The van der Waals surface area contributed by atoms with Gasteiger partial charge in [0.2, 0.25) is 0 Å². The van der Waals surface area contributed by atoms with Gasteiger partial charge in [-0.1, -0.05) is 60.7 Å². The van der Waals surface area contributed by atoms with Crippen molar-refractivity contribution in [2.45, 2.75) is 10.8 Å². The maximum Gasteiger partial charge on any atom is 0.336 e. The van der Waals surface area contributed by atoms with Crippen LogP contribution < -0.4 is 5.32 Å². The molecule has 1 aromatic heterocycles. The fourth-order valence-corrected chi connectivity index (χ4v) is 5.67. The molecular formula is C32H20N2O8S. The zero-order valence-corrected chi connectivity index (χ0v) is 22.8. The second-order valence-electron chi connectivity index (χ2n) is 9.85. The Hall–Kier alpha value is -5.52. The van der Waals surface area contributed by atoms with Gasteiger partial charge in [-0.2, -0.15) is 8.42 Å². The highest BCUT2D eigenvalue weighted by molar-refractivity contribution is 7.85. The van der Waals surface area contributed by atoms with E-state index in [0.717, 1.165) is 17.7 Å². The number of aromatic carboxylic acids is 1. The largest absolute Gasteiger partial charge is 0.478 e. The summed E-state index contributed by atoms with van der Waals surface area (Å²) < 4.78 is 32.5. The van der Waals surface area contributed by atoms with E-state index in [4.69, 9.17) is 0 Å². The Morgan fingerprint density at radius 1 is 0.744 bits per heavy atom. The van der Waals surface area contributed by atoms with Crippen LogP contribution >= 0.6 is 0 Å². The molecule has 6 rings (SSSR count). The zero-order valence-electron chi connectivity index (χ0n) is 22.0. The number of carbonyl (C=O) groups excluding carboxylic acids is 3. The number of aromatic nitrogens is 1. The Kier molecular flexibility index (Phi) is 6.68. The number of benzene rings is 4. The Labute approximate surface area is 244 Å². The summed E-state index contributed by atoms with van der Waals surface area (Å²) in [6.07, 6.45) is 0. The van der Waals surface area contributed by atoms with E-state index >= 15 is 0 Å². The molecule has 212 valence electrons. The van der Waals surface area contributed by atoms with Crippen LogP contribution in [-0.4, -0.2) is 46.5 Å². The third kappa shape index (κ3) is 4.96. The molecule has 10 nitrogen and oxygen atoms in total. The fourth-order valence-electron chi connectivity index (χ4n) is 5.16. The average Bonchev–Trinajstić information content (AvgIpc) is 3.25. The lowest BCUT2D eigenvalue weighted by Crippen LogP contribution is -2.18. The van der Waals surface area contributed by atoms with Crippen LogP contribution in [0.5, 0.6) is 0 Å². The van der Waals surface area contributed by atoms with Crippen molar-refractivity contribution in [3.63, 3.8) is 0 Å². The molecule has 1 amide bonds. The van der Waals surface area contributed by atoms with Crippen LogP contribution in [0.3, 0.4) is 0 Å². The van der Waals surface area contributed by atoms with E-state index in [-0.39, 0.29) is 34.0 Å². The van der Waals surface area contributed by atoms with Gasteiger partial charge in [0.15, 0.2) is 11.6 Å². The Morgan fingerprint density at radius 3 is 2.02 bits per heavy atom. The summed E-state index contributed by atoms with van der Waals surface area (Å²) >= 11 is 0. The van der Waals surface area contributed by atoms with Crippen molar-refractivity contribution in [1.29, 1.82) is 0 Å². The van der Waals surface area contributed by atoms with Gasteiger partial charge in [0.05, 0.1) is 32.9 Å². The Balaban J connectivity index is 1.48. The average molecular weight is 593 g/mol. The van der Waals surface area contributed by atoms with Gasteiger partial charge >= 0.3 is 5.97 Å². The third-order valence-corrected chi connectivity index (χ3v) is 8.06. The van der Waals surface area contributed by atoms with Crippen molar-refractivity contribution in [2.75, 3.05) is 5.32 Å². The second-order valence-corrected chi connectivity index (χ2v) is 11.3. The van der Waals surface area contributed by atoms with Gasteiger partial charge in [0.25, 0.3) is 16.0 Å². The quantitative estimate of drug-likeness (QED) is 0.176. The van der Waals surface area contributed by atoms with E-state index in [1.54, 1.807) is 42.5 Å². The number of ketones is 2. The van der Waals surface area contributed by atoms with Crippen LogP contribution in [0.1, 0.15) is 53.0 Å². The number of amides is 1. The first-order valence-corrected chi connectivity index (χ1v) is 14.3. The van der Waals surface area contributed by atoms with E-state index in [9.17, 15) is 37.3 Å². The topological polar surface area (TPSA) is 168 Å². The summed E-state index contributed by atoms with van der Waals surface area (Å²) in [6, 6.07) is 25.1. The summed E-state index contributed by atoms with van der Waals surface area (Å²) in [7, 11) is -4.73. The van der Waals surface area contributed by atoms with Gasteiger partial charge in [0, 0.05) is 16.5 Å². The molecule has 0 fully saturated rings. The van der Waals surface area contributed by atoms with E-state index in [1.807, 2.05) is 36.4 Å². The minimum atomic E-state index is -4.73. The number of fused-ring (bicyclic) bond motifs is 2. The van der Waals surface area contributed by atoms with Crippen molar-refractivity contribution in [3.05, 3.63) is 125 Å². The lowest BCUT2D eigenvalue weighted by atomic mass is 9.97. The van der Waals surface area contributed by atoms with Gasteiger partial charge in [-0.25, -0.2) is 9.78 Å². The van der Waals surface area contributed by atoms with Crippen LogP contribution in [0.15, 0.2) is 102 Å². The molecule has 43 heavy (non-hydrogen) atoms. The number of anilines is 1. The molecule has 1 aliphatic carbocycles.